The van der Waals surface area contributed by atoms with Crippen molar-refractivity contribution in [3.05, 3.63) is 72.4 Å². The summed E-state index contributed by atoms with van der Waals surface area (Å²) in [6.07, 6.45) is 1.39. The maximum atomic E-state index is 12.9. The smallest absolute Gasteiger partial charge is 0.254 e. The zero-order chi connectivity index (χ0) is 20.5. The monoisotopic (exact) mass is 399 g/mol. The second-order valence-corrected chi connectivity index (χ2v) is 7.34. The number of carbonyl (C=O) groups excluding carboxylic acids is 1. The number of oxazole rings is 1. The first kappa shape index (κ1) is 18.3. The van der Waals surface area contributed by atoms with Crippen LogP contribution in [0.3, 0.4) is 0 Å². The van der Waals surface area contributed by atoms with Crippen LogP contribution in [-0.2, 0) is 0 Å². The van der Waals surface area contributed by atoms with E-state index in [4.69, 9.17) is 4.42 Å². The van der Waals surface area contributed by atoms with Crippen molar-refractivity contribution in [3.63, 3.8) is 0 Å². The van der Waals surface area contributed by atoms with Crippen LogP contribution in [0, 0.1) is 6.92 Å². The molecule has 7 nitrogen and oxygen atoms in total. The third-order valence-electron chi connectivity index (χ3n) is 5.36. The summed E-state index contributed by atoms with van der Waals surface area (Å²) in [6.45, 7) is 4.64. The fourth-order valence-corrected chi connectivity index (χ4v) is 3.78. The van der Waals surface area contributed by atoms with Crippen molar-refractivity contribution >= 4 is 22.8 Å². The summed E-state index contributed by atoms with van der Waals surface area (Å²) < 4.78 is 5.26. The van der Waals surface area contributed by atoms with Gasteiger partial charge >= 0.3 is 0 Å². The van der Waals surface area contributed by atoms with Crippen molar-refractivity contribution in [2.24, 2.45) is 0 Å². The second-order valence-electron chi connectivity index (χ2n) is 7.34. The van der Waals surface area contributed by atoms with Gasteiger partial charge in [0.1, 0.15) is 17.2 Å². The molecule has 0 atom stereocenters. The molecule has 1 fully saturated rings. The first-order valence-electron chi connectivity index (χ1n) is 9.96. The minimum absolute atomic E-state index is 0.0170. The Morgan fingerprint density at radius 2 is 1.77 bits per heavy atom. The van der Waals surface area contributed by atoms with Crippen molar-refractivity contribution in [1.29, 1.82) is 0 Å². The molecule has 150 valence electrons. The van der Waals surface area contributed by atoms with E-state index in [2.05, 4.69) is 19.9 Å². The Balaban J connectivity index is 1.31. The summed E-state index contributed by atoms with van der Waals surface area (Å²) in [5.74, 6) is 1.66. The van der Waals surface area contributed by atoms with Gasteiger partial charge in [-0.15, -0.1) is 0 Å². The lowest BCUT2D eigenvalue weighted by atomic mass is 10.1. The molecule has 0 aliphatic carbocycles. The molecule has 2 aromatic heterocycles. The van der Waals surface area contributed by atoms with E-state index in [9.17, 15) is 4.79 Å². The maximum Gasteiger partial charge on any atom is 0.254 e. The standard InChI is InChI=1S/C23H21N5O2/c1-16-25-19(17-5-3-2-4-6-17)14-22(26-16)27-9-11-28(12-10-27)23(29)18-7-8-21-20(13-18)24-15-30-21/h2-8,13-15H,9-12H2,1H3. The molecule has 1 amide bonds. The van der Waals surface area contributed by atoms with Crippen LogP contribution in [0.5, 0.6) is 0 Å². The van der Waals surface area contributed by atoms with E-state index in [-0.39, 0.29) is 5.91 Å². The van der Waals surface area contributed by atoms with Gasteiger partial charge in [0.05, 0.1) is 5.69 Å². The van der Waals surface area contributed by atoms with Gasteiger partial charge in [-0.05, 0) is 25.1 Å². The highest BCUT2D eigenvalue weighted by molar-refractivity contribution is 5.97. The molecule has 0 N–H and O–H groups in total. The Labute approximate surface area is 174 Å². The van der Waals surface area contributed by atoms with Crippen LogP contribution in [0.4, 0.5) is 5.82 Å². The summed E-state index contributed by atoms with van der Waals surface area (Å²) in [5.41, 5.74) is 4.00. The number of rotatable bonds is 3. The fraction of sp³-hybridized carbons (Fsp3) is 0.217. The first-order chi connectivity index (χ1) is 14.7. The van der Waals surface area contributed by atoms with Crippen LogP contribution in [0.2, 0.25) is 0 Å². The van der Waals surface area contributed by atoms with Crippen molar-refractivity contribution in [2.75, 3.05) is 31.1 Å². The van der Waals surface area contributed by atoms with E-state index in [0.717, 1.165) is 36.0 Å². The molecule has 1 aliphatic heterocycles. The number of amides is 1. The number of aryl methyl sites for hydroxylation is 1. The van der Waals surface area contributed by atoms with Crippen molar-refractivity contribution in [1.82, 2.24) is 19.9 Å². The number of carbonyl (C=O) groups is 1. The summed E-state index contributed by atoms with van der Waals surface area (Å²) in [4.78, 5) is 30.4. The lowest BCUT2D eigenvalue weighted by Crippen LogP contribution is -2.49. The van der Waals surface area contributed by atoms with Gasteiger partial charge in [-0.3, -0.25) is 4.79 Å². The number of piperazine rings is 1. The number of benzene rings is 2. The Bertz CT molecular complexity index is 1200. The molecular weight excluding hydrogens is 378 g/mol. The molecule has 3 heterocycles. The predicted molar refractivity (Wildman–Crippen MR) is 114 cm³/mol. The van der Waals surface area contributed by atoms with Crippen molar-refractivity contribution in [3.8, 4) is 11.3 Å². The lowest BCUT2D eigenvalue weighted by Gasteiger charge is -2.35. The third-order valence-corrected chi connectivity index (χ3v) is 5.36. The van der Waals surface area contributed by atoms with Gasteiger partial charge in [0.15, 0.2) is 12.0 Å². The quantitative estimate of drug-likeness (QED) is 0.524. The highest BCUT2D eigenvalue weighted by atomic mass is 16.3. The number of nitrogens with zero attached hydrogens (tertiary/aromatic N) is 5. The molecule has 0 radical (unpaired) electrons. The summed E-state index contributed by atoms with van der Waals surface area (Å²) in [7, 11) is 0. The Kier molecular flexibility index (Phi) is 4.63. The first-order valence-corrected chi connectivity index (χ1v) is 9.96. The summed E-state index contributed by atoms with van der Waals surface area (Å²) in [6, 6.07) is 17.5. The predicted octanol–water partition coefficient (Wildman–Crippen LogP) is 3.56. The summed E-state index contributed by atoms with van der Waals surface area (Å²) in [5, 5.41) is 0. The zero-order valence-corrected chi connectivity index (χ0v) is 16.7. The summed E-state index contributed by atoms with van der Waals surface area (Å²) >= 11 is 0. The molecular formula is C23H21N5O2. The molecule has 1 saturated heterocycles. The number of hydrogen-bond acceptors (Lipinski definition) is 6. The van der Waals surface area contributed by atoms with Crippen molar-refractivity contribution in [2.45, 2.75) is 6.92 Å². The average molecular weight is 399 g/mol. The lowest BCUT2D eigenvalue weighted by molar-refractivity contribution is 0.0746. The van der Waals surface area contributed by atoms with Crippen LogP contribution < -0.4 is 4.90 Å². The normalized spacial score (nSPS) is 14.3. The Morgan fingerprint density at radius 1 is 0.967 bits per heavy atom. The van der Waals surface area contributed by atoms with Gasteiger partial charge in [0, 0.05) is 43.4 Å². The van der Waals surface area contributed by atoms with Crippen LogP contribution in [0.15, 0.2) is 65.4 Å². The van der Waals surface area contributed by atoms with Gasteiger partial charge in [0.25, 0.3) is 5.91 Å². The average Bonchev–Trinajstić information content (AvgIpc) is 3.27. The van der Waals surface area contributed by atoms with E-state index in [1.165, 1.54) is 6.39 Å². The van der Waals surface area contributed by atoms with Crippen LogP contribution >= 0.6 is 0 Å². The number of fused-ring (bicyclic) bond motifs is 1. The number of anilines is 1. The third kappa shape index (κ3) is 3.50. The molecule has 0 saturated carbocycles. The Morgan fingerprint density at radius 3 is 2.57 bits per heavy atom. The largest absolute Gasteiger partial charge is 0.443 e. The fourth-order valence-electron chi connectivity index (χ4n) is 3.78. The molecule has 0 spiro atoms. The molecule has 5 rings (SSSR count). The number of hydrogen-bond donors (Lipinski definition) is 0. The number of aromatic nitrogens is 3. The molecule has 2 aromatic carbocycles. The van der Waals surface area contributed by atoms with Crippen LogP contribution in [-0.4, -0.2) is 51.9 Å². The Hall–Kier alpha value is -3.74. The van der Waals surface area contributed by atoms with E-state index in [1.807, 2.05) is 48.2 Å². The molecule has 7 heteroatoms. The minimum atomic E-state index is 0.0170. The highest BCUT2D eigenvalue weighted by Gasteiger charge is 2.24. The van der Waals surface area contributed by atoms with Gasteiger partial charge in [-0.2, -0.15) is 0 Å². The van der Waals surface area contributed by atoms with Crippen molar-refractivity contribution < 1.29 is 9.21 Å². The molecule has 0 bridgehead atoms. The van der Waals surface area contributed by atoms with E-state index in [1.54, 1.807) is 18.2 Å². The molecule has 0 unspecified atom stereocenters. The zero-order valence-electron chi connectivity index (χ0n) is 16.7. The van der Waals surface area contributed by atoms with Crippen LogP contribution in [0.25, 0.3) is 22.4 Å². The molecule has 30 heavy (non-hydrogen) atoms. The highest BCUT2D eigenvalue weighted by Crippen LogP contribution is 2.23. The van der Waals surface area contributed by atoms with Gasteiger partial charge in [-0.25, -0.2) is 15.0 Å². The van der Waals surface area contributed by atoms with Gasteiger partial charge in [0.2, 0.25) is 0 Å². The van der Waals surface area contributed by atoms with E-state index in [0.29, 0.717) is 29.8 Å². The van der Waals surface area contributed by atoms with Gasteiger partial charge < -0.3 is 14.2 Å². The second kappa shape index (κ2) is 7.59. The SMILES string of the molecule is Cc1nc(-c2ccccc2)cc(N2CCN(C(=O)c3ccc4ocnc4c3)CC2)n1. The molecule has 1 aliphatic rings. The topological polar surface area (TPSA) is 75.4 Å². The molecule has 4 aromatic rings. The van der Waals surface area contributed by atoms with Gasteiger partial charge in [-0.1, -0.05) is 30.3 Å². The van der Waals surface area contributed by atoms with E-state index < -0.39 is 0 Å². The maximum absolute atomic E-state index is 12.9. The van der Waals surface area contributed by atoms with Crippen LogP contribution in [0.1, 0.15) is 16.2 Å². The van der Waals surface area contributed by atoms with E-state index >= 15 is 0 Å². The minimum Gasteiger partial charge on any atom is -0.443 e.